The molecule has 0 saturated heterocycles. The van der Waals surface area contributed by atoms with Gasteiger partial charge in [-0.2, -0.15) is 0 Å². The lowest BCUT2D eigenvalue weighted by Crippen LogP contribution is -2.44. The van der Waals surface area contributed by atoms with Crippen LogP contribution in [0.3, 0.4) is 0 Å². The average Bonchev–Trinajstić information content (AvgIpc) is 2.56. The fraction of sp³-hybridized carbons (Fsp3) is 0.278. The van der Waals surface area contributed by atoms with Crippen LogP contribution >= 0.6 is 0 Å². The molecule has 0 saturated carbocycles. The first-order chi connectivity index (χ1) is 11.4. The van der Waals surface area contributed by atoms with Crippen LogP contribution in [0.2, 0.25) is 0 Å². The largest absolute Gasteiger partial charge is 0.464 e. The number of esters is 1. The number of nitro groups is 1. The molecule has 1 N–H and O–H groups in total. The quantitative estimate of drug-likeness (QED) is 0.479. The summed E-state index contributed by atoms with van der Waals surface area (Å²) in [6.45, 7) is 1.84. The average molecular weight is 329 g/mol. The highest BCUT2D eigenvalue weighted by Crippen LogP contribution is 2.23. The number of ether oxygens (including phenoxy) is 1. The van der Waals surface area contributed by atoms with Crippen LogP contribution in [-0.2, 0) is 22.4 Å². The molecule has 126 valence electrons. The molecular weight excluding hydrogens is 310 g/mol. The van der Waals surface area contributed by atoms with Gasteiger partial charge in [0, 0.05) is 25.0 Å². The smallest absolute Gasteiger partial charge is 0.338 e. The van der Waals surface area contributed by atoms with Crippen molar-refractivity contribution < 1.29 is 19.6 Å². The fourth-order valence-electron chi connectivity index (χ4n) is 2.48. The molecule has 2 aromatic rings. The van der Waals surface area contributed by atoms with Gasteiger partial charge < -0.3 is 9.84 Å². The summed E-state index contributed by atoms with van der Waals surface area (Å²) < 4.78 is 5.02. The molecule has 2 rings (SSSR count). The van der Waals surface area contributed by atoms with Crippen LogP contribution in [0, 0.1) is 10.1 Å². The van der Waals surface area contributed by atoms with Crippen LogP contribution in [0.1, 0.15) is 18.1 Å². The molecule has 0 aliphatic carbocycles. The standard InChI is InChI=1S/C18H19NO5/c1-2-24-17(20)18(21,12-14-6-4-3-5-7-14)13-15-8-10-16(11-9-15)19(22)23/h3-11,21H,2,12-13H2,1H3/t18-/m1/s1. The van der Waals surface area contributed by atoms with E-state index in [1.165, 1.54) is 24.3 Å². The van der Waals surface area contributed by atoms with Crippen LogP contribution < -0.4 is 0 Å². The van der Waals surface area contributed by atoms with E-state index in [9.17, 15) is 20.0 Å². The van der Waals surface area contributed by atoms with Gasteiger partial charge >= 0.3 is 5.97 Å². The molecule has 0 unspecified atom stereocenters. The molecule has 2 aromatic carbocycles. The third-order valence-electron chi connectivity index (χ3n) is 3.64. The van der Waals surface area contributed by atoms with Gasteiger partial charge in [0.2, 0.25) is 0 Å². The highest BCUT2D eigenvalue weighted by Gasteiger charge is 2.38. The lowest BCUT2D eigenvalue weighted by Gasteiger charge is -2.26. The summed E-state index contributed by atoms with van der Waals surface area (Å²) in [4.78, 5) is 22.5. The third-order valence-corrected chi connectivity index (χ3v) is 3.64. The number of nitrogens with zero attached hydrogens (tertiary/aromatic N) is 1. The van der Waals surface area contributed by atoms with Gasteiger partial charge in [0.25, 0.3) is 5.69 Å². The van der Waals surface area contributed by atoms with Gasteiger partial charge in [0.05, 0.1) is 11.5 Å². The fourth-order valence-corrected chi connectivity index (χ4v) is 2.48. The maximum atomic E-state index is 12.3. The summed E-state index contributed by atoms with van der Waals surface area (Å²) in [5.74, 6) is -0.702. The third kappa shape index (κ3) is 4.39. The molecule has 6 nitrogen and oxygen atoms in total. The topological polar surface area (TPSA) is 89.7 Å². The highest BCUT2D eigenvalue weighted by atomic mass is 16.6. The van der Waals surface area contributed by atoms with E-state index in [1.807, 2.05) is 30.3 Å². The van der Waals surface area contributed by atoms with Crippen LogP contribution in [0.5, 0.6) is 0 Å². The molecule has 0 bridgehead atoms. The van der Waals surface area contributed by atoms with Gasteiger partial charge in [-0.15, -0.1) is 0 Å². The number of hydrogen-bond acceptors (Lipinski definition) is 5. The Bertz CT molecular complexity index is 699. The molecular formula is C18H19NO5. The lowest BCUT2D eigenvalue weighted by atomic mass is 9.88. The zero-order valence-electron chi connectivity index (χ0n) is 13.3. The summed E-state index contributed by atoms with van der Waals surface area (Å²) in [7, 11) is 0. The van der Waals surface area contributed by atoms with Crippen molar-refractivity contribution in [2.45, 2.75) is 25.4 Å². The van der Waals surface area contributed by atoms with Crippen LogP contribution in [0.15, 0.2) is 54.6 Å². The number of nitro benzene ring substituents is 1. The van der Waals surface area contributed by atoms with Crippen LogP contribution in [-0.4, -0.2) is 28.2 Å². The first kappa shape index (κ1) is 17.6. The van der Waals surface area contributed by atoms with E-state index >= 15 is 0 Å². The zero-order chi connectivity index (χ0) is 17.6. The maximum Gasteiger partial charge on any atom is 0.338 e. The Morgan fingerprint density at radius 1 is 1.08 bits per heavy atom. The zero-order valence-corrected chi connectivity index (χ0v) is 13.3. The second kappa shape index (κ2) is 7.70. The van der Waals surface area contributed by atoms with Gasteiger partial charge in [-0.1, -0.05) is 42.5 Å². The number of hydrogen-bond donors (Lipinski definition) is 1. The van der Waals surface area contributed by atoms with E-state index in [0.29, 0.717) is 5.56 Å². The molecule has 24 heavy (non-hydrogen) atoms. The first-order valence-electron chi connectivity index (χ1n) is 7.61. The number of carbonyl (C=O) groups is 1. The molecule has 6 heteroatoms. The maximum absolute atomic E-state index is 12.3. The molecule has 0 amide bonds. The minimum atomic E-state index is -1.73. The molecule has 0 fully saturated rings. The van der Waals surface area contributed by atoms with Gasteiger partial charge in [0.15, 0.2) is 5.60 Å². The van der Waals surface area contributed by atoms with E-state index in [0.717, 1.165) is 5.56 Å². The monoisotopic (exact) mass is 329 g/mol. The van der Waals surface area contributed by atoms with Crippen LogP contribution in [0.4, 0.5) is 5.69 Å². The number of aliphatic hydroxyl groups is 1. The van der Waals surface area contributed by atoms with Gasteiger partial charge in [-0.25, -0.2) is 4.79 Å². The van der Waals surface area contributed by atoms with Crippen molar-refractivity contribution >= 4 is 11.7 Å². The van der Waals surface area contributed by atoms with Crippen LogP contribution in [0.25, 0.3) is 0 Å². The molecule has 0 aliphatic heterocycles. The van der Waals surface area contributed by atoms with E-state index in [-0.39, 0.29) is 25.1 Å². The Kier molecular flexibility index (Phi) is 5.65. The van der Waals surface area contributed by atoms with E-state index in [1.54, 1.807) is 6.92 Å². The summed E-state index contributed by atoms with van der Waals surface area (Å²) >= 11 is 0. The lowest BCUT2D eigenvalue weighted by molar-refractivity contribution is -0.384. The normalized spacial score (nSPS) is 13.1. The summed E-state index contributed by atoms with van der Waals surface area (Å²) in [5.41, 5.74) is -0.350. The second-order valence-corrected chi connectivity index (χ2v) is 5.51. The SMILES string of the molecule is CCOC(=O)[C@@](O)(Cc1ccccc1)Cc1ccc([N+](=O)[O-])cc1. The highest BCUT2D eigenvalue weighted by molar-refractivity contribution is 5.80. The van der Waals surface area contributed by atoms with E-state index < -0.39 is 16.5 Å². The van der Waals surface area contributed by atoms with Gasteiger partial charge in [-0.05, 0) is 18.1 Å². The minimum Gasteiger partial charge on any atom is -0.464 e. The number of rotatable bonds is 7. The molecule has 0 aliphatic rings. The van der Waals surface area contributed by atoms with Gasteiger partial charge in [0.1, 0.15) is 0 Å². The predicted octanol–water partition coefficient (Wildman–Crippen LogP) is 2.67. The van der Waals surface area contributed by atoms with Crippen molar-refractivity contribution in [1.82, 2.24) is 0 Å². The van der Waals surface area contributed by atoms with E-state index in [4.69, 9.17) is 4.74 Å². The summed E-state index contributed by atoms with van der Waals surface area (Å²) in [6.07, 6.45) is 0.113. The minimum absolute atomic E-state index is 0.0126. The van der Waals surface area contributed by atoms with Crippen molar-refractivity contribution in [2.24, 2.45) is 0 Å². The Morgan fingerprint density at radius 3 is 2.12 bits per heavy atom. The summed E-state index contributed by atoms with van der Waals surface area (Å²) in [5, 5.41) is 21.6. The second-order valence-electron chi connectivity index (χ2n) is 5.51. The number of non-ortho nitro benzene ring substituents is 1. The molecule has 0 radical (unpaired) electrons. The molecule has 1 atom stereocenters. The Hall–Kier alpha value is -2.73. The van der Waals surface area contributed by atoms with Crippen molar-refractivity contribution in [1.29, 1.82) is 0 Å². The Labute approximate surface area is 139 Å². The van der Waals surface area contributed by atoms with Crippen molar-refractivity contribution in [3.63, 3.8) is 0 Å². The first-order valence-corrected chi connectivity index (χ1v) is 7.61. The van der Waals surface area contributed by atoms with Crippen molar-refractivity contribution in [2.75, 3.05) is 6.61 Å². The van der Waals surface area contributed by atoms with Gasteiger partial charge in [-0.3, -0.25) is 10.1 Å². The number of carbonyl (C=O) groups excluding carboxylic acids is 1. The van der Waals surface area contributed by atoms with Crippen molar-refractivity contribution in [3.05, 3.63) is 75.8 Å². The van der Waals surface area contributed by atoms with Crippen molar-refractivity contribution in [3.8, 4) is 0 Å². The molecule has 0 heterocycles. The Balaban J connectivity index is 2.25. The predicted molar refractivity (Wildman–Crippen MR) is 88.5 cm³/mol. The summed E-state index contributed by atoms with van der Waals surface area (Å²) in [6, 6.07) is 14.9. The molecule has 0 spiro atoms. The molecule has 0 aromatic heterocycles. The number of benzene rings is 2. The Morgan fingerprint density at radius 2 is 1.62 bits per heavy atom. The van der Waals surface area contributed by atoms with E-state index in [2.05, 4.69) is 0 Å².